The summed E-state index contributed by atoms with van der Waals surface area (Å²) in [6, 6.07) is 19.7. The third kappa shape index (κ3) is 9.27. The summed E-state index contributed by atoms with van der Waals surface area (Å²) >= 11 is 0. The van der Waals surface area contributed by atoms with Crippen LogP contribution in [0.4, 0.5) is 43.8 Å². The Labute approximate surface area is 263 Å². The zero-order chi connectivity index (χ0) is 32.8. The fraction of sp³-hybridized carbons (Fsp3) is 0.265. The van der Waals surface area contributed by atoms with E-state index < -0.39 is 23.4 Å². The minimum Gasteiger partial charge on any atom is -0.443 e. The van der Waals surface area contributed by atoms with Gasteiger partial charge in [0.2, 0.25) is 0 Å². The first-order valence-corrected chi connectivity index (χ1v) is 14.4. The molecule has 45 heavy (non-hydrogen) atoms. The number of nitrogens with one attached hydrogen (secondary N) is 3. The highest BCUT2D eigenvalue weighted by Crippen LogP contribution is 2.30. The number of carbonyl (C=O) groups excluding carboxylic acids is 3. The monoisotopic (exact) mass is 610 g/mol. The molecule has 3 amide bonds. The normalized spacial score (nSPS) is 11.3. The molecule has 0 aliphatic rings. The van der Waals surface area contributed by atoms with E-state index >= 15 is 0 Å². The number of carbonyl (C=O) groups is 3. The molecular formula is C34H38N6O5. The Balaban J connectivity index is 1.51. The first kappa shape index (κ1) is 32.5. The van der Waals surface area contributed by atoms with Gasteiger partial charge in [-0.25, -0.2) is 14.6 Å². The maximum absolute atomic E-state index is 13.2. The number of amides is 3. The first-order valence-electron chi connectivity index (χ1n) is 14.4. The Hall–Kier alpha value is -5.45. The highest BCUT2D eigenvalue weighted by molar-refractivity contribution is 6.09. The predicted molar refractivity (Wildman–Crippen MR) is 176 cm³/mol. The molecule has 0 atom stereocenters. The summed E-state index contributed by atoms with van der Waals surface area (Å²) in [7, 11) is 0. The molecule has 4 aromatic rings. The summed E-state index contributed by atoms with van der Waals surface area (Å²) in [6.07, 6.45) is 3.06. The lowest BCUT2D eigenvalue weighted by Gasteiger charge is -2.29. The van der Waals surface area contributed by atoms with Crippen LogP contribution in [0.5, 0.6) is 0 Å². The van der Waals surface area contributed by atoms with Gasteiger partial charge in [0.05, 0.1) is 0 Å². The lowest BCUT2D eigenvalue weighted by atomic mass is 10.1. The van der Waals surface area contributed by atoms with E-state index in [9.17, 15) is 14.4 Å². The Bertz CT molecular complexity index is 1630. The molecule has 0 saturated carbocycles. The second-order valence-electron chi connectivity index (χ2n) is 12.2. The van der Waals surface area contributed by atoms with Crippen LogP contribution in [-0.2, 0) is 9.47 Å². The fourth-order valence-electron chi connectivity index (χ4n) is 4.09. The molecule has 0 aliphatic carbocycles. The second-order valence-corrected chi connectivity index (χ2v) is 12.2. The molecule has 0 fully saturated rings. The van der Waals surface area contributed by atoms with Crippen LogP contribution in [0.2, 0.25) is 0 Å². The summed E-state index contributed by atoms with van der Waals surface area (Å²) in [5.74, 6) is -0.204. The van der Waals surface area contributed by atoms with Gasteiger partial charge in [0, 0.05) is 58.2 Å². The molecule has 11 nitrogen and oxygen atoms in total. The van der Waals surface area contributed by atoms with Gasteiger partial charge >= 0.3 is 12.2 Å². The number of ether oxygens (including phenoxy) is 2. The SMILES string of the molecule is Cc1c(Nc2cccc(NC(=O)c3ccc(Nc4ccncc4)cc3)c2)ccnc1N(C(=O)OC(C)(C)C)C(=O)OC(C)(C)C. The van der Waals surface area contributed by atoms with Crippen molar-refractivity contribution in [1.29, 1.82) is 0 Å². The van der Waals surface area contributed by atoms with E-state index in [1.165, 1.54) is 6.20 Å². The van der Waals surface area contributed by atoms with Crippen LogP contribution in [0, 0.1) is 6.92 Å². The Morgan fingerprint density at radius 3 is 1.87 bits per heavy atom. The molecule has 234 valence electrons. The van der Waals surface area contributed by atoms with Crippen molar-refractivity contribution in [1.82, 2.24) is 9.97 Å². The molecule has 0 saturated heterocycles. The van der Waals surface area contributed by atoms with Crippen LogP contribution < -0.4 is 20.9 Å². The van der Waals surface area contributed by atoms with Crippen LogP contribution >= 0.6 is 0 Å². The molecule has 11 heteroatoms. The number of imide groups is 1. The Morgan fingerprint density at radius 2 is 1.27 bits per heavy atom. The smallest absolute Gasteiger partial charge is 0.425 e. The molecule has 0 spiro atoms. The molecule has 0 radical (unpaired) electrons. The molecule has 3 N–H and O–H groups in total. The van der Waals surface area contributed by atoms with E-state index in [1.54, 1.807) is 97.3 Å². The van der Waals surface area contributed by atoms with Crippen molar-refractivity contribution < 1.29 is 23.9 Å². The van der Waals surface area contributed by atoms with Crippen LogP contribution in [0.25, 0.3) is 0 Å². The van der Waals surface area contributed by atoms with Gasteiger partial charge in [0.1, 0.15) is 11.2 Å². The topological polar surface area (TPSA) is 135 Å². The lowest BCUT2D eigenvalue weighted by Crippen LogP contribution is -2.44. The summed E-state index contributed by atoms with van der Waals surface area (Å²) in [5.41, 5.74) is 2.83. The molecule has 0 aliphatic heterocycles. The highest BCUT2D eigenvalue weighted by atomic mass is 16.6. The van der Waals surface area contributed by atoms with Crippen molar-refractivity contribution in [3.8, 4) is 0 Å². The van der Waals surface area contributed by atoms with Gasteiger partial charge in [-0.1, -0.05) is 6.07 Å². The summed E-state index contributed by atoms with van der Waals surface area (Å²) in [4.78, 5) is 48.5. The van der Waals surface area contributed by atoms with E-state index in [0.29, 0.717) is 28.2 Å². The third-order valence-corrected chi connectivity index (χ3v) is 6.06. The average molecular weight is 611 g/mol. The summed E-state index contributed by atoms with van der Waals surface area (Å²) < 4.78 is 11.0. The minimum atomic E-state index is -0.907. The molecule has 2 aromatic carbocycles. The van der Waals surface area contributed by atoms with Gasteiger partial charge in [-0.2, -0.15) is 4.90 Å². The van der Waals surface area contributed by atoms with Crippen molar-refractivity contribution in [3.05, 3.63) is 96.4 Å². The van der Waals surface area contributed by atoms with E-state index in [4.69, 9.17) is 9.47 Å². The van der Waals surface area contributed by atoms with Gasteiger partial charge < -0.3 is 25.4 Å². The standard InChI is InChI=1S/C34H38N6O5/c1-22-28(17-20-36-29(22)40(31(42)44-33(2,3)4)32(43)45-34(5,6)7)38-26-9-8-10-27(21-26)39-30(41)23-11-13-24(14-12-23)37-25-15-18-35-19-16-25/h8-21H,1-7H3,(H,35,37)(H,36,38)(H,39,41). The van der Waals surface area contributed by atoms with Gasteiger partial charge in [0.25, 0.3) is 5.91 Å². The number of hydrogen-bond donors (Lipinski definition) is 3. The number of hydrogen-bond acceptors (Lipinski definition) is 9. The lowest BCUT2D eigenvalue weighted by molar-refractivity contribution is 0.0428. The molecule has 2 heterocycles. The maximum atomic E-state index is 13.2. The van der Waals surface area contributed by atoms with Crippen molar-refractivity contribution in [2.24, 2.45) is 0 Å². The highest BCUT2D eigenvalue weighted by Gasteiger charge is 2.35. The number of rotatable bonds is 7. The average Bonchev–Trinajstić information content (AvgIpc) is 2.94. The predicted octanol–water partition coefficient (Wildman–Crippen LogP) is 8.20. The molecular weight excluding hydrogens is 572 g/mol. The van der Waals surface area contributed by atoms with Crippen LogP contribution in [0.3, 0.4) is 0 Å². The van der Waals surface area contributed by atoms with Crippen LogP contribution in [0.1, 0.15) is 57.5 Å². The van der Waals surface area contributed by atoms with Gasteiger partial charge in [-0.3, -0.25) is 9.78 Å². The quantitative estimate of drug-likeness (QED) is 0.189. The number of aromatic nitrogens is 2. The van der Waals surface area contributed by atoms with Gasteiger partial charge in [0.15, 0.2) is 5.82 Å². The van der Waals surface area contributed by atoms with E-state index in [-0.39, 0.29) is 11.7 Å². The Kier molecular flexibility index (Phi) is 9.71. The van der Waals surface area contributed by atoms with Crippen molar-refractivity contribution in [2.75, 3.05) is 20.9 Å². The fourth-order valence-corrected chi connectivity index (χ4v) is 4.09. The largest absolute Gasteiger partial charge is 0.443 e. The maximum Gasteiger partial charge on any atom is 0.425 e. The summed E-state index contributed by atoms with van der Waals surface area (Å²) in [5, 5.41) is 9.47. The van der Waals surface area contributed by atoms with Gasteiger partial charge in [-0.05, 0) is 109 Å². The molecule has 0 unspecified atom stereocenters. The van der Waals surface area contributed by atoms with E-state index in [2.05, 4.69) is 25.9 Å². The molecule has 2 aromatic heterocycles. The zero-order valence-corrected chi connectivity index (χ0v) is 26.5. The Morgan fingerprint density at radius 1 is 0.689 bits per heavy atom. The molecule has 4 rings (SSSR count). The van der Waals surface area contributed by atoms with E-state index in [1.807, 2.05) is 30.3 Å². The number of nitrogens with zero attached hydrogens (tertiary/aromatic N) is 3. The number of pyridine rings is 2. The number of anilines is 6. The van der Waals surface area contributed by atoms with Crippen LogP contribution in [0.15, 0.2) is 85.3 Å². The van der Waals surface area contributed by atoms with Crippen molar-refractivity contribution in [2.45, 2.75) is 59.7 Å². The van der Waals surface area contributed by atoms with E-state index in [0.717, 1.165) is 16.3 Å². The van der Waals surface area contributed by atoms with Crippen molar-refractivity contribution in [3.63, 3.8) is 0 Å². The summed E-state index contributed by atoms with van der Waals surface area (Å²) in [6.45, 7) is 12.0. The van der Waals surface area contributed by atoms with Crippen molar-refractivity contribution >= 4 is 52.3 Å². The second kappa shape index (κ2) is 13.5. The first-order chi connectivity index (χ1) is 21.2. The van der Waals surface area contributed by atoms with Gasteiger partial charge in [-0.15, -0.1) is 0 Å². The molecule has 0 bridgehead atoms. The zero-order valence-electron chi connectivity index (χ0n) is 26.5. The third-order valence-electron chi connectivity index (χ3n) is 6.06. The number of benzene rings is 2. The minimum absolute atomic E-state index is 0.0647. The van der Waals surface area contributed by atoms with Crippen LogP contribution in [-0.4, -0.2) is 39.3 Å².